The van der Waals surface area contributed by atoms with Gasteiger partial charge in [0.2, 0.25) is 0 Å². The molecule has 20 heavy (non-hydrogen) atoms. The molecule has 1 heterocycles. The van der Waals surface area contributed by atoms with Gasteiger partial charge in [-0.2, -0.15) is 18.3 Å². The van der Waals surface area contributed by atoms with E-state index in [0.717, 1.165) is 11.6 Å². The molecule has 2 aromatic rings. The summed E-state index contributed by atoms with van der Waals surface area (Å²) in [6, 6.07) is 5.48. The van der Waals surface area contributed by atoms with Crippen LogP contribution in [0.25, 0.3) is 11.3 Å². The highest BCUT2D eigenvalue weighted by atomic mass is 19.4. The number of alkyl halides is 3. The summed E-state index contributed by atoms with van der Waals surface area (Å²) in [5, 5.41) is 7.12. The molecule has 1 N–H and O–H groups in total. The van der Waals surface area contributed by atoms with Gasteiger partial charge < -0.3 is 5.32 Å². The number of nitrogens with zero attached hydrogens (tertiary/aromatic N) is 2. The van der Waals surface area contributed by atoms with Gasteiger partial charge in [-0.3, -0.25) is 4.68 Å². The monoisotopic (exact) mass is 283 g/mol. The van der Waals surface area contributed by atoms with E-state index in [4.69, 9.17) is 0 Å². The summed E-state index contributed by atoms with van der Waals surface area (Å²) in [4.78, 5) is 0. The largest absolute Gasteiger partial charge is 0.417 e. The number of hydrogen-bond acceptors (Lipinski definition) is 2. The SMILES string of the molecule is CNC(C)c1cnn(C)c1-c1ccccc1C(F)(F)F. The Bertz CT molecular complexity index is 602. The summed E-state index contributed by atoms with van der Waals surface area (Å²) in [6.45, 7) is 1.89. The zero-order valence-corrected chi connectivity index (χ0v) is 11.5. The Hall–Kier alpha value is -1.82. The van der Waals surface area contributed by atoms with Crippen molar-refractivity contribution in [2.24, 2.45) is 7.05 Å². The number of benzene rings is 1. The molecule has 0 aliphatic carbocycles. The molecule has 0 spiro atoms. The number of aromatic nitrogens is 2. The average Bonchev–Trinajstić information content (AvgIpc) is 2.78. The van der Waals surface area contributed by atoms with Crippen molar-refractivity contribution < 1.29 is 13.2 Å². The minimum absolute atomic E-state index is 0.0833. The summed E-state index contributed by atoms with van der Waals surface area (Å²) in [5.74, 6) is 0. The van der Waals surface area contributed by atoms with Crippen LogP contribution in [0.2, 0.25) is 0 Å². The van der Waals surface area contributed by atoms with E-state index in [1.807, 2.05) is 6.92 Å². The first-order valence-electron chi connectivity index (χ1n) is 6.22. The highest BCUT2D eigenvalue weighted by molar-refractivity contribution is 5.68. The van der Waals surface area contributed by atoms with Crippen molar-refractivity contribution in [3.05, 3.63) is 41.6 Å². The summed E-state index contributed by atoms with van der Waals surface area (Å²) in [6.07, 6.45) is -2.79. The minimum Gasteiger partial charge on any atom is -0.313 e. The third kappa shape index (κ3) is 2.56. The number of nitrogens with one attached hydrogen (secondary N) is 1. The topological polar surface area (TPSA) is 29.9 Å². The molecule has 0 saturated carbocycles. The van der Waals surface area contributed by atoms with Gasteiger partial charge in [0.05, 0.1) is 17.5 Å². The van der Waals surface area contributed by atoms with Crippen molar-refractivity contribution in [3.63, 3.8) is 0 Å². The Morgan fingerprint density at radius 3 is 2.50 bits per heavy atom. The maximum atomic E-state index is 13.1. The van der Waals surface area contributed by atoms with Crippen LogP contribution in [0.5, 0.6) is 0 Å². The molecule has 0 radical (unpaired) electrons. The van der Waals surface area contributed by atoms with Crippen LogP contribution in [0, 0.1) is 0 Å². The molecule has 0 saturated heterocycles. The number of halogens is 3. The predicted molar refractivity (Wildman–Crippen MR) is 71.1 cm³/mol. The molecule has 1 aromatic heterocycles. The third-order valence-corrected chi connectivity index (χ3v) is 3.35. The fourth-order valence-electron chi connectivity index (χ4n) is 2.19. The highest BCUT2D eigenvalue weighted by Crippen LogP contribution is 2.38. The Balaban J connectivity index is 2.67. The molecule has 0 bridgehead atoms. The van der Waals surface area contributed by atoms with Gasteiger partial charge in [-0.15, -0.1) is 0 Å². The van der Waals surface area contributed by atoms with Crippen LogP contribution in [-0.2, 0) is 13.2 Å². The van der Waals surface area contributed by atoms with E-state index in [1.165, 1.54) is 16.8 Å². The Morgan fingerprint density at radius 1 is 1.25 bits per heavy atom. The average molecular weight is 283 g/mol. The van der Waals surface area contributed by atoms with Crippen LogP contribution in [0.3, 0.4) is 0 Å². The molecule has 1 atom stereocenters. The molecule has 1 aromatic carbocycles. The normalized spacial score (nSPS) is 13.5. The van der Waals surface area contributed by atoms with Crippen molar-refractivity contribution >= 4 is 0 Å². The van der Waals surface area contributed by atoms with Gasteiger partial charge >= 0.3 is 6.18 Å². The minimum atomic E-state index is -4.39. The van der Waals surface area contributed by atoms with Crippen molar-refractivity contribution in [2.75, 3.05) is 7.05 Å². The van der Waals surface area contributed by atoms with Crippen LogP contribution in [0.1, 0.15) is 24.1 Å². The fraction of sp³-hybridized carbons (Fsp3) is 0.357. The first kappa shape index (κ1) is 14.6. The van der Waals surface area contributed by atoms with Gasteiger partial charge in [0.15, 0.2) is 0 Å². The van der Waals surface area contributed by atoms with Gasteiger partial charge in [-0.1, -0.05) is 18.2 Å². The van der Waals surface area contributed by atoms with Crippen molar-refractivity contribution in [1.82, 2.24) is 15.1 Å². The lowest BCUT2D eigenvalue weighted by Crippen LogP contribution is -2.14. The molecule has 0 amide bonds. The van der Waals surface area contributed by atoms with E-state index in [9.17, 15) is 13.2 Å². The van der Waals surface area contributed by atoms with E-state index in [2.05, 4.69) is 10.4 Å². The summed E-state index contributed by atoms with van der Waals surface area (Å²) < 4.78 is 40.9. The Morgan fingerprint density at radius 2 is 1.90 bits per heavy atom. The van der Waals surface area contributed by atoms with Crippen LogP contribution in [-0.4, -0.2) is 16.8 Å². The fourth-order valence-corrected chi connectivity index (χ4v) is 2.19. The standard InChI is InChI=1S/C14H16F3N3/c1-9(18-2)11-8-19-20(3)13(11)10-6-4-5-7-12(10)14(15,16)17/h4-9,18H,1-3H3. The molecule has 108 valence electrons. The molecule has 3 nitrogen and oxygen atoms in total. The van der Waals surface area contributed by atoms with Gasteiger partial charge in [-0.25, -0.2) is 0 Å². The Kier molecular flexibility index (Phi) is 3.85. The molecular formula is C14H16F3N3. The molecule has 0 aliphatic heterocycles. The lowest BCUT2D eigenvalue weighted by atomic mass is 9.98. The zero-order valence-electron chi connectivity index (χ0n) is 11.5. The number of aryl methyl sites for hydroxylation is 1. The van der Waals surface area contributed by atoms with Gasteiger partial charge in [0.25, 0.3) is 0 Å². The van der Waals surface area contributed by atoms with Crippen molar-refractivity contribution in [2.45, 2.75) is 19.1 Å². The van der Waals surface area contributed by atoms with Crippen LogP contribution in [0.15, 0.2) is 30.5 Å². The smallest absolute Gasteiger partial charge is 0.313 e. The number of hydrogen-bond donors (Lipinski definition) is 1. The first-order valence-corrected chi connectivity index (χ1v) is 6.22. The second kappa shape index (κ2) is 5.28. The summed E-state index contributed by atoms with van der Waals surface area (Å²) in [7, 11) is 3.41. The summed E-state index contributed by atoms with van der Waals surface area (Å²) >= 11 is 0. The van der Waals surface area contributed by atoms with Gasteiger partial charge in [-0.05, 0) is 20.0 Å². The quantitative estimate of drug-likeness (QED) is 0.935. The van der Waals surface area contributed by atoms with E-state index >= 15 is 0 Å². The maximum Gasteiger partial charge on any atom is 0.417 e. The van der Waals surface area contributed by atoms with Crippen LogP contribution < -0.4 is 5.32 Å². The molecule has 6 heteroatoms. The first-order chi connectivity index (χ1) is 9.36. The van der Waals surface area contributed by atoms with Gasteiger partial charge in [0, 0.05) is 24.2 Å². The third-order valence-electron chi connectivity index (χ3n) is 3.35. The predicted octanol–water partition coefficient (Wildman–Crippen LogP) is 3.39. The second-order valence-corrected chi connectivity index (χ2v) is 4.63. The van der Waals surface area contributed by atoms with Crippen molar-refractivity contribution in [1.29, 1.82) is 0 Å². The van der Waals surface area contributed by atoms with E-state index in [0.29, 0.717) is 5.69 Å². The van der Waals surface area contributed by atoms with Crippen molar-refractivity contribution in [3.8, 4) is 11.3 Å². The lowest BCUT2D eigenvalue weighted by molar-refractivity contribution is -0.137. The number of rotatable bonds is 3. The Labute approximate surface area is 115 Å². The zero-order chi connectivity index (χ0) is 14.9. The molecule has 2 rings (SSSR count). The van der Waals surface area contributed by atoms with E-state index < -0.39 is 11.7 Å². The molecule has 0 aliphatic rings. The molecule has 1 unspecified atom stereocenters. The maximum absolute atomic E-state index is 13.1. The molecular weight excluding hydrogens is 267 g/mol. The van der Waals surface area contributed by atoms with E-state index in [1.54, 1.807) is 26.4 Å². The summed E-state index contributed by atoms with van der Waals surface area (Å²) in [5.41, 5.74) is 0.733. The second-order valence-electron chi connectivity index (χ2n) is 4.63. The lowest BCUT2D eigenvalue weighted by Gasteiger charge is -2.16. The van der Waals surface area contributed by atoms with E-state index in [-0.39, 0.29) is 11.6 Å². The van der Waals surface area contributed by atoms with Gasteiger partial charge in [0.1, 0.15) is 0 Å². The van der Waals surface area contributed by atoms with Crippen LogP contribution in [0.4, 0.5) is 13.2 Å². The molecule has 0 fully saturated rings. The van der Waals surface area contributed by atoms with Crippen LogP contribution >= 0.6 is 0 Å². The highest BCUT2D eigenvalue weighted by Gasteiger charge is 2.34.